The normalized spacial score (nSPS) is 14.8. The van der Waals surface area contributed by atoms with Crippen molar-refractivity contribution in [3.05, 3.63) is 125 Å². The summed E-state index contributed by atoms with van der Waals surface area (Å²) in [5.74, 6) is -0.464. The molecule has 0 bridgehead atoms. The minimum atomic E-state index is -5.01. The number of alkyl halides is 3. The van der Waals surface area contributed by atoms with E-state index in [0.29, 0.717) is 27.6 Å². The summed E-state index contributed by atoms with van der Waals surface area (Å²) in [5, 5.41) is 9.30. The highest BCUT2D eigenvalue weighted by Crippen LogP contribution is 2.38. The predicted molar refractivity (Wildman–Crippen MR) is 161 cm³/mol. The van der Waals surface area contributed by atoms with Crippen LogP contribution in [0.25, 0.3) is 6.08 Å². The molecule has 0 amide bonds. The number of thiazole rings is 1. The van der Waals surface area contributed by atoms with E-state index >= 15 is 0 Å². The van der Waals surface area contributed by atoms with Crippen molar-refractivity contribution < 1.29 is 32.2 Å². The highest BCUT2D eigenvalue weighted by Gasteiger charge is 2.45. The number of hydrogen-bond donors (Lipinski definition) is 0. The second-order valence-electron chi connectivity index (χ2n) is 9.62. The summed E-state index contributed by atoms with van der Waals surface area (Å²) in [7, 11) is 1.45. The number of carbonyl (C=O) groups excluding carboxylic acids is 1. The fourth-order valence-corrected chi connectivity index (χ4v) is 5.81. The lowest BCUT2D eigenvalue weighted by Gasteiger charge is -2.26. The Balaban J connectivity index is 1.58. The molecule has 0 spiro atoms. The number of nitriles is 1. The first-order valence-electron chi connectivity index (χ1n) is 13.4. The molecule has 1 aliphatic rings. The van der Waals surface area contributed by atoms with Crippen molar-refractivity contribution in [3.63, 3.8) is 0 Å². The van der Waals surface area contributed by atoms with E-state index in [2.05, 4.69) is 11.1 Å². The first-order chi connectivity index (χ1) is 21.5. The molecule has 230 valence electrons. The third kappa shape index (κ3) is 6.64. The van der Waals surface area contributed by atoms with Gasteiger partial charge >= 0.3 is 12.1 Å². The molecule has 8 nitrogen and oxygen atoms in total. The number of aromatic nitrogens is 1. The fourth-order valence-electron chi connectivity index (χ4n) is 4.68. The molecule has 45 heavy (non-hydrogen) atoms. The van der Waals surface area contributed by atoms with Crippen molar-refractivity contribution in [3.8, 4) is 17.6 Å². The molecule has 2 heterocycles. The third-order valence-electron chi connectivity index (χ3n) is 6.74. The quantitative estimate of drug-likeness (QED) is 0.234. The van der Waals surface area contributed by atoms with E-state index in [1.165, 1.54) is 44.4 Å². The Morgan fingerprint density at radius 2 is 1.82 bits per heavy atom. The number of allylic oxidation sites excluding steroid dienone is 1. The monoisotopic (exact) mass is 653 g/mol. The molecule has 5 rings (SSSR count). The number of rotatable bonds is 8. The van der Waals surface area contributed by atoms with Crippen LogP contribution in [-0.4, -0.2) is 30.4 Å². The average Bonchev–Trinajstić information content (AvgIpc) is 3.34. The Kier molecular flexibility index (Phi) is 9.13. The summed E-state index contributed by atoms with van der Waals surface area (Å²) in [5.41, 5.74) is -0.796. The maximum Gasteiger partial charge on any atom is 0.434 e. The molecule has 0 saturated heterocycles. The number of esters is 1. The van der Waals surface area contributed by atoms with Crippen LogP contribution in [0.4, 0.5) is 13.2 Å². The van der Waals surface area contributed by atoms with Gasteiger partial charge in [-0.1, -0.05) is 53.3 Å². The molecule has 0 unspecified atom stereocenters. The van der Waals surface area contributed by atoms with E-state index in [1.54, 1.807) is 42.5 Å². The number of halogens is 4. The van der Waals surface area contributed by atoms with Crippen molar-refractivity contribution in [1.29, 1.82) is 5.26 Å². The summed E-state index contributed by atoms with van der Waals surface area (Å²) in [6, 6.07) is 18.2. The fraction of sp³-hybridized carbons (Fsp3) is 0.188. The molecular weight excluding hydrogens is 631 g/mol. The molecule has 0 fully saturated rings. The van der Waals surface area contributed by atoms with Gasteiger partial charge in [0.05, 0.1) is 41.5 Å². The van der Waals surface area contributed by atoms with Crippen LogP contribution < -0.4 is 24.4 Å². The zero-order valence-corrected chi connectivity index (χ0v) is 25.3. The van der Waals surface area contributed by atoms with E-state index in [9.17, 15) is 22.8 Å². The lowest BCUT2D eigenvalue weighted by molar-refractivity contribution is -0.140. The minimum Gasteiger partial charge on any atom is -0.493 e. The second-order valence-corrected chi connectivity index (χ2v) is 11.1. The van der Waals surface area contributed by atoms with Crippen LogP contribution in [0.5, 0.6) is 11.5 Å². The van der Waals surface area contributed by atoms with E-state index in [1.807, 2.05) is 0 Å². The van der Waals surface area contributed by atoms with Crippen LogP contribution in [0.1, 0.15) is 35.2 Å². The van der Waals surface area contributed by atoms with Gasteiger partial charge in [0.2, 0.25) is 0 Å². The number of carbonyl (C=O) groups is 1. The first-order valence-corrected chi connectivity index (χ1v) is 14.6. The SMILES string of the molecule is CCOC(=O)C1=C(C(F)(F)F)N=c2s/c(=C\c3ccc(OCc4ccc(C#N)cc4)c(OC)c3)c(=O)n2[C@@H]1c1ccc(Cl)cc1. The van der Waals surface area contributed by atoms with Gasteiger partial charge in [0.25, 0.3) is 5.56 Å². The van der Waals surface area contributed by atoms with Gasteiger partial charge in [0.15, 0.2) is 22.0 Å². The van der Waals surface area contributed by atoms with Crippen LogP contribution >= 0.6 is 22.9 Å². The Labute approximate surface area is 263 Å². The lowest BCUT2D eigenvalue weighted by Crippen LogP contribution is -2.41. The zero-order chi connectivity index (χ0) is 32.3. The number of nitrogens with zero attached hydrogens (tertiary/aromatic N) is 3. The lowest BCUT2D eigenvalue weighted by atomic mass is 9.95. The molecule has 0 radical (unpaired) electrons. The zero-order valence-electron chi connectivity index (χ0n) is 23.7. The van der Waals surface area contributed by atoms with Crippen LogP contribution in [-0.2, 0) is 16.1 Å². The highest BCUT2D eigenvalue weighted by molar-refractivity contribution is 7.07. The Bertz CT molecular complexity index is 2010. The molecule has 4 aromatic rings. The summed E-state index contributed by atoms with van der Waals surface area (Å²) in [4.78, 5) is 30.3. The maximum absolute atomic E-state index is 14.3. The van der Waals surface area contributed by atoms with Crippen molar-refractivity contribution in [2.75, 3.05) is 13.7 Å². The largest absolute Gasteiger partial charge is 0.493 e. The van der Waals surface area contributed by atoms with Crippen LogP contribution in [0.2, 0.25) is 5.02 Å². The summed E-state index contributed by atoms with van der Waals surface area (Å²) < 4.78 is 60.4. The van der Waals surface area contributed by atoms with E-state index < -0.39 is 35.0 Å². The van der Waals surface area contributed by atoms with Gasteiger partial charge in [0, 0.05) is 5.02 Å². The van der Waals surface area contributed by atoms with E-state index in [-0.39, 0.29) is 28.1 Å². The first kappa shape index (κ1) is 31.6. The van der Waals surface area contributed by atoms with Gasteiger partial charge in [0.1, 0.15) is 6.61 Å². The summed E-state index contributed by atoms with van der Waals surface area (Å²) in [6.45, 7) is 1.49. The summed E-state index contributed by atoms with van der Waals surface area (Å²) >= 11 is 6.78. The molecule has 3 aromatic carbocycles. The van der Waals surface area contributed by atoms with Gasteiger partial charge in [-0.15, -0.1) is 0 Å². The number of methoxy groups -OCH3 is 1. The maximum atomic E-state index is 14.3. The van der Waals surface area contributed by atoms with E-state index in [0.717, 1.165) is 21.5 Å². The number of fused-ring (bicyclic) bond motifs is 1. The van der Waals surface area contributed by atoms with Gasteiger partial charge in [-0.2, -0.15) is 18.4 Å². The van der Waals surface area contributed by atoms with Gasteiger partial charge in [-0.25, -0.2) is 9.79 Å². The number of benzene rings is 3. The van der Waals surface area contributed by atoms with Gasteiger partial charge < -0.3 is 14.2 Å². The smallest absolute Gasteiger partial charge is 0.434 e. The molecule has 1 aliphatic heterocycles. The predicted octanol–water partition coefficient (Wildman–Crippen LogP) is 5.45. The summed E-state index contributed by atoms with van der Waals surface area (Å²) in [6.07, 6.45) is -3.51. The second kappa shape index (κ2) is 13.0. The molecule has 0 aliphatic carbocycles. The standard InChI is InChI=1S/C32H23ClF3N3O5S/c1-3-43-30(41)26-27(21-9-11-22(33)12-10-21)39-29(40)25(45-31(39)38-28(26)32(34,35)36)15-20-8-13-23(24(14-20)42-2)44-17-19-6-4-18(16-37)5-7-19/h4-15,27H,3,17H2,1-2H3/b25-15-/t27-/m1/s1. The molecule has 0 N–H and O–H groups in total. The minimum absolute atomic E-state index is 0.0765. The van der Waals surface area contributed by atoms with Gasteiger partial charge in [-0.3, -0.25) is 9.36 Å². The molecular formula is C32H23ClF3N3O5S. The Hall–Kier alpha value is -4.86. The van der Waals surface area contributed by atoms with Crippen molar-refractivity contribution in [1.82, 2.24) is 4.57 Å². The van der Waals surface area contributed by atoms with Crippen molar-refractivity contribution in [2.24, 2.45) is 4.99 Å². The molecule has 13 heteroatoms. The Morgan fingerprint density at radius 3 is 2.44 bits per heavy atom. The van der Waals surface area contributed by atoms with Crippen LogP contribution in [0.15, 0.2) is 87.8 Å². The van der Waals surface area contributed by atoms with Gasteiger partial charge in [-0.05, 0) is 66.1 Å². The Morgan fingerprint density at radius 1 is 1.11 bits per heavy atom. The van der Waals surface area contributed by atoms with Crippen LogP contribution in [0.3, 0.4) is 0 Å². The molecule has 1 aromatic heterocycles. The highest BCUT2D eigenvalue weighted by atomic mass is 35.5. The molecule has 1 atom stereocenters. The number of hydrogen-bond acceptors (Lipinski definition) is 8. The number of ether oxygens (including phenoxy) is 3. The van der Waals surface area contributed by atoms with Crippen LogP contribution in [0, 0.1) is 11.3 Å². The average molecular weight is 654 g/mol. The van der Waals surface area contributed by atoms with Crippen molar-refractivity contribution >= 4 is 35.0 Å². The van der Waals surface area contributed by atoms with E-state index in [4.69, 9.17) is 31.1 Å². The van der Waals surface area contributed by atoms with Crippen molar-refractivity contribution in [2.45, 2.75) is 25.7 Å². The third-order valence-corrected chi connectivity index (χ3v) is 7.98. The molecule has 0 saturated carbocycles. The topological polar surface area (TPSA) is 103 Å².